The van der Waals surface area contributed by atoms with E-state index >= 15 is 0 Å². The van der Waals surface area contributed by atoms with Crippen LogP contribution in [0.1, 0.15) is 38.7 Å². The molecule has 5 nitrogen and oxygen atoms in total. The number of benzene rings is 4. The zero-order valence-electron chi connectivity index (χ0n) is 19.3. The molecule has 4 aromatic rings. The van der Waals surface area contributed by atoms with Gasteiger partial charge in [-0.25, -0.2) is 8.42 Å². The zero-order chi connectivity index (χ0) is 25.0. The van der Waals surface area contributed by atoms with Gasteiger partial charge in [-0.1, -0.05) is 89.5 Å². The molecule has 4 aromatic carbocycles. The summed E-state index contributed by atoms with van der Waals surface area (Å²) in [4.78, 5) is 13.5. The third-order valence-corrected chi connectivity index (χ3v) is 7.34. The van der Waals surface area contributed by atoms with Crippen molar-refractivity contribution in [1.29, 1.82) is 0 Å². The Labute approximate surface area is 210 Å². The molecule has 178 valence electrons. The molecule has 0 aliphatic heterocycles. The van der Waals surface area contributed by atoms with Gasteiger partial charge in [0, 0.05) is 5.69 Å². The summed E-state index contributed by atoms with van der Waals surface area (Å²) in [6.45, 7) is 3.88. The summed E-state index contributed by atoms with van der Waals surface area (Å²) >= 11 is 6.35. The van der Waals surface area contributed by atoms with Crippen LogP contribution in [0, 0.1) is 13.8 Å². The number of sulfonamides is 1. The smallest absolute Gasteiger partial charge is 0.261 e. The summed E-state index contributed by atoms with van der Waals surface area (Å²) in [5.74, 6) is -0.416. The van der Waals surface area contributed by atoms with Gasteiger partial charge in [-0.3, -0.25) is 9.52 Å². The lowest BCUT2D eigenvalue weighted by Crippen LogP contribution is -2.29. The van der Waals surface area contributed by atoms with Gasteiger partial charge in [0.15, 0.2) is 0 Å². The molecule has 0 bridgehead atoms. The van der Waals surface area contributed by atoms with E-state index in [1.807, 2.05) is 68.4 Å². The molecule has 7 heteroatoms. The minimum absolute atomic E-state index is 0.132. The highest BCUT2D eigenvalue weighted by Gasteiger charge is 2.21. The fraction of sp³-hybridized carbons (Fsp3) is 0.107. The van der Waals surface area contributed by atoms with E-state index < -0.39 is 22.0 Å². The minimum atomic E-state index is -3.82. The van der Waals surface area contributed by atoms with Crippen molar-refractivity contribution < 1.29 is 13.2 Å². The van der Waals surface area contributed by atoms with Crippen molar-refractivity contribution in [2.24, 2.45) is 0 Å². The quantitative estimate of drug-likeness (QED) is 0.311. The summed E-state index contributed by atoms with van der Waals surface area (Å²) in [7, 11) is -3.82. The van der Waals surface area contributed by atoms with Gasteiger partial charge in [-0.15, -0.1) is 0 Å². The fourth-order valence-electron chi connectivity index (χ4n) is 3.67. The van der Waals surface area contributed by atoms with Crippen LogP contribution < -0.4 is 10.0 Å². The first kappa shape index (κ1) is 24.5. The predicted molar refractivity (Wildman–Crippen MR) is 140 cm³/mol. The number of nitrogens with one attached hydrogen (secondary N) is 2. The van der Waals surface area contributed by atoms with Gasteiger partial charge in [0.25, 0.3) is 15.9 Å². The largest absolute Gasteiger partial charge is 0.341 e. The topological polar surface area (TPSA) is 75.3 Å². The monoisotopic (exact) mass is 504 g/mol. The van der Waals surface area contributed by atoms with Gasteiger partial charge in [0.2, 0.25) is 0 Å². The normalized spacial score (nSPS) is 12.1. The summed E-state index contributed by atoms with van der Waals surface area (Å²) in [6, 6.07) is 28.1. The van der Waals surface area contributed by atoms with Crippen LogP contribution in [0.3, 0.4) is 0 Å². The van der Waals surface area contributed by atoms with E-state index in [1.165, 1.54) is 30.3 Å². The Balaban J connectivity index is 1.62. The molecule has 0 saturated carbocycles. The molecule has 0 heterocycles. The second-order valence-electron chi connectivity index (χ2n) is 8.34. The minimum Gasteiger partial charge on any atom is -0.341 e. The maximum absolute atomic E-state index is 13.3. The first-order valence-corrected chi connectivity index (χ1v) is 12.9. The van der Waals surface area contributed by atoms with Crippen molar-refractivity contribution in [3.63, 3.8) is 0 Å². The van der Waals surface area contributed by atoms with Crippen LogP contribution in [-0.2, 0) is 10.0 Å². The summed E-state index contributed by atoms with van der Waals surface area (Å²) in [6.07, 6.45) is 0. The molecule has 4 rings (SSSR count). The summed E-state index contributed by atoms with van der Waals surface area (Å²) in [5.41, 5.74) is 4.31. The van der Waals surface area contributed by atoms with Gasteiger partial charge in [-0.2, -0.15) is 0 Å². The van der Waals surface area contributed by atoms with E-state index in [9.17, 15) is 13.2 Å². The maximum Gasteiger partial charge on any atom is 0.261 e. The standard InChI is InChI=1S/C28H25ClN2O3S/c1-19-8-12-22(13-9-19)27(21-6-4-3-5-7-21)30-28(32)25-18-23(14-17-26(25)29)31-35(33,34)24-15-10-20(2)11-16-24/h3-18,27,31H,1-2H3,(H,30,32)/t27-/m0/s1. The van der Waals surface area contributed by atoms with Gasteiger partial charge in [0.05, 0.1) is 21.5 Å². The Morgan fingerprint density at radius 3 is 1.97 bits per heavy atom. The van der Waals surface area contributed by atoms with Crippen LogP contribution in [0.2, 0.25) is 5.02 Å². The molecule has 0 fully saturated rings. The average molecular weight is 505 g/mol. The Morgan fingerprint density at radius 1 is 0.771 bits per heavy atom. The van der Waals surface area contributed by atoms with Gasteiger partial charge in [-0.05, 0) is 55.3 Å². The highest BCUT2D eigenvalue weighted by Crippen LogP contribution is 2.27. The van der Waals surface area contributed by atoms with Crippen LogP contribution in [0.5, 0.6) is 0 Å². The maximum atomic E-state index is 13.3. The fourth-order valence-corrected chi connectivity index (χ4v) is 4.92. The molecular weight excluding hydrogens is 480 g/mol. The molecule has 1 atom stereocenters. The average Bonchev–Trinajstić information content (AvgIpc) is 2.85. The Bertz CT molecular complexity index is 1440. The van der Waals surface area contributed by atoms with Crippen LogP contribution in [0.4, 0.5) is 5.69 Å². The van der Waals surface area contributed by atoms with Gasteiger partial charge < -0.3 is 5.32 Å². The van der Waals surface area contributed by atoms with Crippen LogP contribution in [0.25, 0.3) is 0 Å². The summed E-state index contributed by atoms with van der Waals surface area (Å²) < 4.78 is 28.2. The number of carbonyl (C=O) groups is 1. The number of carbonyl (C=O) groups excluding carboxylic acids is 1. The molecular formula is C28H25ClN2O3S. The first-order chi connectivity index (χ1) is 16.7. The highest BCUT2D eigenvalue weighted by molar-refractivity contribution is 7.92. The van der Waals surface area contributed by atoms with E-state index in [0.717, 1.165) is 22.3 Å². The van der Waals surface area contributed by atoms with Crippen molar-refractivity contribution in [3.05, 3.63) is 130 Å². The van der Waals surface area contributed by atoms with Crippen molar-refractivity contribution in [1.82, 2.24) is 5.32 Å². The third-order valence-electron chi connectivity index (χ3n) is 5.61. The zero-order valence-corrected chi connectivity index (χ0v) is 20.9. The number of amides is 1. The van der Waals surface area contributed by atoms with Gasteiger partial charge >= 0.3 is 0 Å². The molecule has 1 amide bonds. The van der Waals surface area contributed by atoms with E-state index in [4.69, 9.17) is 11.6 Å². The molecule has 0 radical (unpaired) electrons. The predicted octanol–water partition coefficient (Wildman–Crippen LogP) is 6.28. The number of hydrogen-bond donors (Lipinski definition) is 2. The Morgan fingerprint density at radius 2 is 1.34 bits per heavy atom. The number of rotatable bonds is 7. The van der Waals surface area contributed by atoms with Crippen molar-refractivity contribution >= 4 is 33.2 Å². The van der Waals surface area contributed by atoms with E-state index in [1.54, 1.807) is 12.1 Å². The van der Waals surface area contributed by atoms with Crippen LogP contribution >= 0.6 is 11.6 Å². The molecule has 0 aromatic heterocycles. The number of halogens is 1. The molecule has 35 heavy (non-hydrogen) atoms. The molecule has 0 spiro atoms. The Hall–Kier alpha value is -3.61. The number of anilines is 1. The lowest BCUT2D eigenvalue weighted by molar-refractivity contribution is 0.0943. The number of hydrogen-bond acceptors (Lipinski definition) is 3. The molecule has 0 unspecified atom stereocenters. The molecule has 2 N–H and O–H groups in total. The highest BCUT2D eigenvalue weighted by atomic mass is 35.5. The van der Waals surface area contributed by atoms with Crippen molar-refractivity contribution in [2.45, 2.75) is 24.8 Å². The van der Waals surface area contributed by atoms with Gasteiger partial charge in [0.1, 0.15) is 0 Å². The molecule has 0 saturated heterocycles. The third kappa shape index (κ3) is 5.91. The second-order valence-corrected chi connectivity index (χ2v) is 10.4. The Kier molecular flexibility index (Phi) is 7.24. The van der Waals surface area contributed by atoms with E-state index in [2.05, 4.69) is 10.0 Å². The van der Waals surface area contributed by atoms with Crippen LogP contribution in [0.15, 0.2) is 102 Å². The van der Waals surface area contributed by atoms with E-state index in [-0.39, 0.29) is 21.2 Å². The van der Waals surface area contributed by atoms with Crippen molar-refractivity contribution in [3.8, 4) is 0 Å². The first-order valence-electron chi connectivity index (χ1n) is 11.0. The molecule has 0 aliphatic rings. The van der Waals surface area contributed by atoms with Crippen LogP contribution in [-0.4, -0.2) is 14.3 Å². The SMILES string of the molecule is Cc1ccc([C@@H](NC(=O)c2cc(NS(=O)(=O)c3ccc(C)cc3)ccc2Cl)c2ccccc2)cc1. The molecule has 0 aliphatic carbocycles. The second kappa shape index (κ2) is 10.3. The number of aryl methyl sites for hydroxylation is 2. The van der Waals surface area contributed by atoms with Crippen molar-refractivity contribution in [2.75, 3.05) is 4.72 Å². The lowest BCUT2D eigenvalue weighted by atomic mass is 9.97. The lowest BCUT2D eigenvalue weighted by Gasteiger charge is -2.21. The van der Waals surface area contributed by atoms with E-state index in [0.29, 0.717) is 0 Å². The summed E-state index contributed by atoms with van der Waals surface area (Å²) in [5, 5.41) is 3.27.